The normalized spacial score (nSPS) is 10.9. The van der Waals surface area contributed by atoms with Gasteiger partial charge in [-0.25, -0.2) is 0 Å². The Balaban J connectivity index is 1.89. The predicted molar refractivity (Wildman–Crippen MR) is 105 cm³/mol. The van der Waals surface area contributed by atoms with Crippen molar-refractivity contribution in [1.82, 2.24) is 0 Å². The summed E-state index contributed by atoms with van der Waals surface area (Å²) in [6.07, 6.45) is 2.06. The molecule has 1 N–H and O–H groups in total. The smallest absolute Gasteiger partial charge is 0.259 e. The second kappa shape index (κ2) is 7.83. The van der Waals surface area contributed by atoms with E-state index in [1.165, 1.54) is 0 Å². The van der Waals surface area contributed by atoms with Gasteiger partial charge in [0.15, 0.2) is 0 Å². The van der Waals surface area contributed by atoms with Crippen LogP contribution >= 0.6 is 11.6 Å². The summed E-state index contributed by atoms with van der Waals surface area (Å²) in [5.41, 5.74) is 2.79. The molecule has 0 bridgehead atoms. The molecule has 0 fully saturated rings. The second-order valence-corrected chi connectivity index (χ2v) is 6.72. The van der Waals surface area contributed by atoms with Crippen molar-refractivity contribution in [3.63, 3.8) is 0 Å². The molecule has 0 aliphatic heterocycles. The average Bonchev–Trinajstić information content (AvgIpc) is 2.93. The van der Waals surface area contributed by atoms with Crippen molar-refractivity contribution in [2.24, 2.45) is 0 Å². The molecule has 1 aromatic heterocycles. The van der Waals surface area contributed by atoms with Crippen molar-refractivity contribution in [3.05, 3.63) is 58.3 Å². The number of fused-ring (bicyclic) bond motifs is 1. The quantitative estimate of drug-likeness (QED) is 0.530. The van der Waals surface area contributed by atoms with Crippen LogP contribution in [0.1, 0.15) is 41.4 Å². The molecule has 0 atom stereocenters. The number of aryl methyl sites for hydroxylation is 2. The highest BCUT2D eigenvalue weighted by molar-refractivity contribution is 6.31. The minimum absolute atomic E-state index is 0.230. The largest absolute Gasteiger partial charge is 0.494 e. The fraction of sp³-hybridized carbons (Fsp3) is 0.286. The molecule has 1 amide bonds. The van der Waals surface area contributed by atoms with Gasteiger partial charge in [0, 0.05) is 16.1 Å². The predicted octanol–water partition coefficient (Wildman–Crippen LogP) is 6.13. The Morgan fingerprint density at radius 2 is 2.00 bits per heavy atom. The third-order valence-electron chi connectivity index (χ3n) is 4.26. The summed E-state index contributed by atoms with van der Waals surface area (Å²) in [7, 11) is 0. The Morgan fingerprint density at radius 1 is 1.19 bits per heavy atom. The first-order valence-corrected chi connectivity index (χ1v) is 9.11. The van der Waals surface area contributed by atoms with Gasteiger partial charge in [-0.3, -0.25) is 4.79 Å². The van der Waals surface area contributed by atoms with Gasteiger partial charge in [0.2, 0.25) is 0 Å². The molecule has 2 aromatic carbocycles. The van der Waals surface area contributed by atoms with Crippen LogP contribution < -0.4 is 10.1 Å². The third kappa shape index (κ3) is 3.86. The fourth-order valence-corrected chi connectivity index (χ4v) is 2.95. The molecule has 0 unspecified atom stereocenters. The van der Waals surface area contributed by atoms with Crippen LogP contribution in [0, 0.1) is 13.8 Å². The molecular formula is C21H22ClNO3. The van der Waals surface area contributed by atoms with E-state index in [0.717, 1.165) is 29.5 Å². The van der Waals surface area contributed by atoms with Gasteiger partial charge in [-0.2, -0.15) is 0 Å². The molecule has 3 aromatic rings. The fourth-order valence-electron chi connectivity index (χ4n) is 2.77. The molecule has 0 saturated carbocycles. The lowest BCUT2D eigenvalue weighted by Gasteiger charge is -2.08. The Hall–Kier alpha value is -2.46. The highest BCUT2D eigenvalue weighted by Gasteiger charge is 2.19. The van der Waals surface area contributed by atoms with Crippen LogP contribution in [0.15, 0.2) is 40.8 Å². The molecule has 0 radical (unpaired) electrons. The zero-order valence-electron chi connectivity index (χ0n) is 15.2. The van der Waals surface area contributed by atoms with E-state index >= 15 is 0 Å². The van der Waals surface area contributed by atoms with Crippen LogP contribution in [0.5, 0.6) is 5.75 Å². The lowest BCUT2D eigenvalue weighted by Crippen LogP contribution is -2.12. The first kappa shape index (κ1) is 18.3. The van der Waals surface area contributed by atoms with Crippen molar-refractivity contribution >= 4 is 34.2 Å². The minimum atomic E-state index is -0.230. The summed E-state index contributed by atoms with van der Waals surface area (Å²) in [5, 5.41) is 4.25. The van der Waals surface area contributed by atoms with Gasteiger partial charge in [-0.15, -0.1) is 0 Å². The lowest BCUT2D eigenvalue weighted by atomic mass is 10.1. The van der Waals surface area contributed by atoms with Crippen LogP contribution in [-0.2, 0) is 0 Å². The maximum absolute atomic E-state index is 12.8. The number of unbranched alkanes of at least 4 members (excludes halogenated alkanes) is 1. The maximum Gasteiger partial charge on any atom is 0.259 e. The first-order valence-electron chi connectivity index (χ1n) is 8.73. The van der Waals surface area contributed by atoms with Gasteiger partial charge in [-0.1, -0.05) is 31.0 Å². The number of amides is 1. The van der Waals surface area contributed by atoms with Gasteiger partial charge in [-0.05, 0) is 56.2 Å². The molecule has 0 aliphatic carbocycles. The number of hydrogen-bond donors (Lipinski definition) is 1. The number of rotatable bonds is 6. The summed E-state index contributed by atoms with van der Waals surface area (Å²) in [4.78, 5) is 12.8. The molecule has 3 rings (SSSR count). The molecule has 136 valence electrons. The summed E-state index contributed by atoms with van der Waals surface area (Å²) >= 11 is 6.14. The monoisotopic (exact) mass is 371 g/mol. The summed E-state index contributed by atoms with van der Waals surface area (Å²) in [6.45, 7) is 6.48. The van der Waals surface area contributed by atoms with E-state index in [1.807, 2.05) is 37.3 Å². The summed E-state index contributed by atoms with van der Waals surface area (Å²) < 4.78 is 11.5. The topological polar surface area (TPSA) is 51.5 Å². The molecule has 0 saturated heterocycles. The van der Waals surface area contributed by atoms with Crippen LogP contribution in [0.2, 0.25) is 5.02 Å². The molecule has 4 nitrogen and oxygen atoms in total. The molecule has 1 heterocycles. The van der Waals surface area contributed by atoms with E-state index in [-0.39, 0.29) is 5.91 Å². The standard InChI is InChI=1S/C21H22ClNO3/c1-4-5-10-25-16-8-9-19-17(12-16)20(14(3)26-19)21(24)23-15-7-6-13(2)18(22)11-15/h6-9,11-12H,4-5,10H2,1-3H3,(H,23,24). The highest BCUT2D eigenvalue weighted by atomic mass is 35.5. The zero-order chi connectivity index (χ0) is 18.7. The lowest BCUT2D eigenvalue weighted by molar-refractivity contribution is 0.102. The van der Waals surface area contributed by atoms with Crippen molar-refractivity contribution < 1.29 is 13.9 Å². The first-order chi connectivity index (χ1) is 12.5. The number of carbonyl (C=O) groups is 1. The van der Waals surface area contributed by atoms with E-state index in [0.29, 0.717) is 34.2 Å². The average molecular weight is 372 g/mol. The molecule has 0 aliphatic rings. The number of hydrogen-bond acceptors (Lipinski definition) is 3. The van der Waals surface area contributed by atoms with E-state index in [9.17, 15) is 4.79 Å². The maximum atomic E-state index is 12.8. The number of furan rings is 1. The number of halogens is 1. The van der Waals surface area contributed by atoms with Crippen molar-refractivity contribution in [2.75, 3.05) is 11.9 Å². The van der Waals surface area contributed by atoms with Crippen LogP contribution in [0.3, 0.4) is 0 Å². The zero-order valence-corrected chi connectivity index (χ0v) is 15.9. The SMILES string of the molecule is CCCCOc1ccc2oc(C)c(C(=O)Nc3ccc(C)c(Cl)c3)c2c1. The number of anilines is 1. The van der Waals surface area contributed by atoms with Gasteiger partial charge in [0.05, 0.1) is 12.2 Å². The number of ether oxygens (including phenoxy) is 1. The van der Waals surface area contributed by atoms with Crippen molar-refractivity contribution in [1.29, 1.82) is 0 Å². The van der Waals surface area contributed by atoms with Crippen LogP contribution in [0.25, 0.3) is 11.0 Å². The Morgan fingerprint density at radius 3 is 2.73 bits per heavy atom. The number of carbonyl (C=O) groups excluding carboxylic acids is 1. The van der Waals surface area contributed by atoms with E-state index in [2.05, 4.69) is 12.2 Å². The highest BCUT2D eigenvalue weighted by Crippen LogP contribution is 2.30. The van der Waals surface area contributed by atoms with Gasteiger partial charge in [0.25, 0.3) is 5.91 Å². The second-order valence-electron chi connectivity index (χ2n) is 6.31. The van der Waals surface area contributed by atoms with Gasteiger partial charge < -0.3 is 14.5 Å². The van der Waals surface area contributed by atoms with Crippen LogP contribution in [0.4, 0.5) is 5.69 Å². The number of benzene rings is 2. The Kier molecular flexibility index (Phi) is 5.52. The Bertz CT molecular complexity index is 946. The molecule has 0 spiro atoms. The minimum Gasteiger partial charge on any atom is -0.494 e. The number of nitrogens with one attached hydrogen (secondary N) is 1. The third-order valence-corrected chi connectivity index (χ3v) is 4.67. The summed E-state index contributed by atoms with van der Waals surface area (Å²) in [5.74, 6) is 1.08. The van der Waals surface area contributed by atoms with Crippen LogP contribution in [-0.4, -0.2) is 12.5 Å². The van der Waals surface area contributed by atoms with Crippen molar-refractivity contribution in [3.8, 4) is 5.75 Å². The molecular weight excluding hydrogens is 350 g/mol. The Labute approximate surface area is 158 Å². The van der Waals surface area contributed by atoms with Gasteiger partial charge in [0.1, 0.15) is 17.1 Å². The summed E-state index contributed by atoms with van der Waals surface area (Å²) in [6, 6.07) is 11.0. The van der Waals surface area contributed by atoms with Gasteiger partial charge >= 0.3 is 0 Å². The van der Waals surface area contributed by atoms with Crippen molar-refractivity contribution in [2.45, 2.75) is 33.6 Å². The van der Waals surface area contributed by atoms with E-state index in [1.54, 1.807) is 13.0 Å². The molecule has 5 heteroatoms. The molecule has 26 heavy (non-hydrogen) atoms. The van der Waals surface area contributed by atoms with E-state index < -0.39 is 0 Å². The van der Waals surface area contributed by atoms with E-state index in [4.69, 9.17) is 20.8 Å².